The molecule has 1 saturated heterocycles. The Labute approximate surface area is 159 Å². The van der Waals surface area contributed by atoms with E-state index in [2.05, 4.69) is 10.2 Å². The molecule has 1 amide bonds. The number of hydrogen-bond donors (Lipinski definition) is 1. The molecule has 0 aromatic heterocycles. The highest BCUT2D eigenvalue weighted by Crippen LogP contribution is 2.26. The van der Waals surface area contributed by atoms with Gasteiger partial charge in [0.2, 0.25) is 5.91 Å². The Kier molecular flexibility index (Phi) is 7.14. The summed E-state index contributed by atoms with van der Waals surface area (Å²) < 4.78 is 25.0. The van der Waals surface area contributed by atoms with E-state index in [4.69, 9.17) is 23.2 Å². The van der Waals surface area contributed by atoms with E-state index in [1.807, 2.05) is 13.8 Å². The van der Waals surface area contributed by atoms with Crippen molar-refractivity contribution in [3.05, 3.63) is 28.2 Å². The van der Waals surface area contributed by atoms with Gasteiger partial charge in [0.15, 0.2) is 9.84 Å². The standard InChI is InChI=1S/C17H24Cl2N2O3S/c1-12(2)17(22)20-14-5-7-21(8-6-14)9-10-25(23,24)16-11-13(18)3-4-15(16)19/h3-4,11-12,14H,5-10H2,1-2H3,(H,20,22). The van der Waals surface area contributed by atoms with Crippen molar-refractivity contribution in [2.24, 2.45) is 5.92 Å². The summed E-state index contributed by atoms with van der Waals surface area (Å²) in [5.74, 6) is 0.0399. The molecule has 2 rings (SSSR count). The fraction of sp³-hybridized carbons (Fsp3) is 0.588. The normalized spacial score (nSPS) is 17.0. The van der Waals surface area contributed by atoms with Crippen LogP contribution in [0.2, 0.25) is 10.0 Å². The zero-order chi connectivity index (χ0) is 18.6. The average molecular weight is 407 g/mol. The highest BCUT2D eigenvalue weighted by Gasteiger charge is 2.24. The Morgan fingerprint density at radius 2 is 1.92 bits per heavy atom. The molecule has 0 aliphatic carbocycles. The van der Waals surface area contributed by atoms with E-state index in [0.717, 1.165) is 25.9 Å². The second kappa shape index (κ2) is 8.71. The first-order valence-electron chi connectivity index (χ1n) is 8.39. The molecule has 0 bridgehead atoms. The number of sulfone groups is 1. The zero-order valence-corrected chi connectivity index (χ0v) is 16.8. The summed E-state index contributed by atoms with van der Waals surface area (Å²) in [5.41, 5.74) is 0. The lowest BCUT2D eigenvalue weighted by Crippen LogP contribution is -2.46. The average Bonchev–Trinajstić information content (AvgIpc) is 2.56. The number of likely N-dealkylation sites (tertiary alicyclic amines) is 1. The summed E-state index contributed by atoms with van der Waals surface area (Å²) >= 11 is 11.9. The smallest absolute Gasteiger partial charge is 0.222 e. The van der Waals surface area contributed by atoms with E-state index in [9.17, 15) is 13.2 Å². The first-order valence-corrected chi connectivity index (χ1v) is 10.8. The summed E-state index contributed by atoms with van der Waals surface area (Å²) in [7, 11) is -3.48. The molecule has 0 atom stereocenters. The minimum atomic E-state index is -3.48. The van der Waals surface area contributed by atoms with Gasteiger partial charge in [-0.25, -0.2) is 8.42 Å². The van der Waals surface area contributed by atoms with Gasteiger partial charge in [0, 0.05) is 36.6 Å². The molecule has 1 aromatic rings. The van der Waals surface area contributed by atoms with Gasteiger partial charge in [-0.3, -0.25) is 4.79 Å². The number of nitrogens with one attached hydrogen (secondary N) is 1. The second-order valence-electron chi connectivity index (χ2n) is 6.67. The molecular weight excluding hydrogens is 383 g/mol. The largest absolute Gasteiger partial charge is 0.353 e. The molecule has 0 spiro atoms. The molecule has 1 aromatic carbocycles. The van der Waals surface area contributed by atoms with Gasteiger partial charge in [-0.15, -0.1) is 0 Å². The maximum absolute atomic E-state index is 12.5. The maximum atomic E-state index is 12.5. The van der Waals surface area contributed by atoms with Gasteiger partial charge in [0.25, 0.3) is 0 Å². The molecule has 0 radical (unpaired) electrons. The van der Waals surface area contributed by atoms with Crippen molar-refractivity contribution in [1.29, 1.82) is 0 Å². The van der Waals surface area contributed by atoms with E-state index >= 15 is 0 Å². The summed E-state index contributed by atoms with van der Waals surface area (Å²) in [4.78, 5) is 13.9. The second-order valence-corrected chi connectivity index (χ2v) is 9.59. The van der Waals surface area contributed by atoms with Crippen LogP contribution in [0.15, 0.2) is 23.1 Å². The molecule has 0 saturated carbocycles. The number of hydrogen-bond acceptors (Lipinski definition) is 4. The maximum Gasteiger partial charge on any atom is 0.222 e. The Balaban J connectivity index is 1.86. The van der Waals surface area contributed by atoms with Crippen LogP contribution in [0.5, 0.6) is 0 Å². The predicted octanol–water partition coefficient (Wildman–Crippen LogP) is 3.00. The number of nitrogens with zero attached hydrogens (tertiary/aromatic N) is 1. The van der Waals surface area contributed by atoms with Gasteiger partial charge >= 0.3 is 0 Å². The molecule has 0 unspecified atom stereocenters. The van der Waals surface area contributed by atoms with Crippen LogP contribution in [-0.2, 0) is 14.6 Å². The lowest BCUT2D eigenvalue weighted by Gasteiger charge is -2.32. The molecular formula is C17H24Cl2N2O3S. The molecule has 1 aliphatic rings. The van der Waals surface area contributed by atoms with Crippen molar-refractivity contribution in [2.75, 3.05) is 25.4 Å². The topological polar surface area (TPSA) is 66.5 Å². The molecule has 140 valence electrons. The van der Waals surface area contributed by atoms with Crippen LogP contribution >= 0.6 is 23.2 Å². The SMILES string of the molecule is CC(C)C(=O)NC1CCN(CCS(=O)(=O)c2cc(Cl)ccc2Cl)CC1. The Morgan fingerprint density at radius 1 is 1.28 bits per heavy atom. The zero-order valence-electron chi connectivity index (χ0n) is 14.5. The van der Waals surface area contributed by atoms with Crippen molar-refractivity contribution < 1.29 is 13.2 Å². The predicted molar refractivity (Wildman–Crippen MR) is 101 cm³/mol. The Morgan fingerprint density at radius 3 is 2.52 bits per heavy atom. The van der Waals surface area contributed by atoms with Crippen LogP contribution in [0.4, 0.5) is 0 Å². The van der Waals surface area contributed by atoms with Gasteiger partial charge in [0.1, 0.15) is 0 Å². The van der Waals surface area contributed by atoms with Crippen molar-refractivity contribution in [1.82, 2.24) is 10.2 Å². The number of carbonyl (C=O) groups excluding carboxylic acids is 1. The Bertz CT molecular complexity index is 715. The van der Waals surface area contributed by atoms with E-state index in [1.165, 1.54) is 12.1 Å². The number of piperidine rings is 1. The number of benzene rings is 1. The quantitative estimate of drug-likeness (QED) is 0.788. The van der Waals surface area contributed by atoms with E-state index < -0.39 is 9.84 Å². The molecule has 1 heterocycles. The third-order valence-corrected chi connectivity index (χ3v) is 6.77. The molecule has 5 nitrogen and oxygen atoms in total. The highest BCUT2D eigenvalue weighted by atomic mass is 35.5. The minimum absolute atomic E-state index is 0.00389. The highest BCUT2D eigenvalue weighted by molar-refractivity contribution is 7.91. The summed E-state index contributed by atoms with van der Waals surface area (Å²) in [6.07, 6.45) is 1.66. The summed E-state index contributed by atoms with van der Waals surface area (Å²) in [6.45, 7) is 5.71. The third-order valence-electron chi connectivity index (χ3n) is 4.36. The van der Waals surface area contributed by atoms with Gasteiger partial charge in [0.05, 0.1) is 15.7 Å². The van der Waals surface area contributed by atoms with Crippen LogP contribution < -0.4 is 5.32 Å². The lowest BCUT2D eigenvalue weighted by atomic mass is 10.0. The van der Waals surface area contributed by atoms with E-state index in [-0.39, 0.29) is 33.5 Å². The minimum Gasteiger partial charge on any atom is -0.353 e. The van der Waals surface area contributed by atoms with Crippen molar-refractivity contribution in [3.63, 3.8) is 0 Å². The number of amides is 1. The van der Waals surface area contributed by atoms with Crippen molar-refractivity contribution >= 4 is 38.9 Å². The van der Waals surface area contributed by atoms with Crippen molar-refractivity contribution in [2.45, 2.75) is 37.6 Å². The number of halogens is 2. The molecule has 25 heavy (non-hydrogen) atoms. The van der Waals surface area contributed by atoms with Crippen LogP contribution in [0, 0.1) is 5.92 Å². The first kappa shape index (κ1) is 20.5. The van der Waals surface area contributed by atoms with Gasteiger partial charge in [-0.05, 0) is 31.0 Å². The third kappa shape index (κ3) is 5.84. The van der Waals surface area contributed by atoms with E-state index in [0.29, 0.717) is 11.6 Å². The first-order chi connectivity index (χ1) is 11.7. The Hall–Kier alpha value is -0.820. The fourth-order valence-electron chi connectivity index (χ4n) is 2.74. The molecule has 1 aliphatic heterocycles. The molecule has 1 fully saturated rings. The number of carbonyl (C=O) groups is 1. The fourth-order valence-corrected chi connectivity index (χ4v) is 4.84. The van der Waals surface area contributed by atoms with Crippen LogP contribution in [0.25, 0.3) is 0 Å². The van der Waals surface area contributed by atoms with Gasteiger partial charge in [-0.2, -0.15) is 0 Å². The van der Waals surface area contributed by atoms with Crippen molar-refractivity contribution in [3.8, 4) is 0 Å². The van der Waals surface area contributed by atoms with Crippen LogP contribution in [-0.4, -0.2) is 50.7 Å². The summed E-state index contributed by atoms with van der Waals surface area (Å²) in [5, 5.41) is 3.58. The van der Waals surface area contributed by atoms with E-state index in [1.54, 1.807) is 6.07 Å². The monoisotopic (exact) mass is 406 g/mol. The van der Waals surface area contributed by atoms with Gasteiger partial charge < -0.3 is 10.2 Å². The molecule has 1 N–H and O–H groups in total. The lowest BCUT2D eigenvalue weighted by molar-refractivity contribution is -0.125. The molecule has 8 heteroatoms. The number of rotatable bonds is 6. The summed E-state index contributed by atoms with van der Waals surface area (Å²) in [6, 6.07) is 4.64. The van der Waals surface area contributed by atoms with Crippen LogP contribution in [0.1, 0.15) is 26.7 Å². The van der Waals surface area contributed by atoms with Crippen LogP contribution in [0.3, 0.4) is 0 Å². The van der Waals surface area contributed by atoms with Gasteiger partial charge in [-0.1, -0.05) is 37.0 Å².